The summed E-state index contributed by atoms with van der Waals surface area (Å²) >= 11 is 0. The predicted octanol–water partition coefficient (Wildman–Crippen LogP) is 1.77. The Bertz CT molecular complexity index is 703. The Morgan fingerprint density at radius 2 is 2.11 bits per heavy atom. The van der Waals surface area contributed by atoms with Crippen LogP contribution in [0.2, 0.25) is 0 Å². The van der Waals surface area contributed by atoms with Gasteiger partial charge in [0.05, 0.1) is 5.69 Å². The Balaban J connectivity index is 2.77. The zero-order valence-electron chi connectivity index (χ0n) is 10.1. The lowest BCUT2D eigenvalue weighted by molar-refractivity contribution is 0.610. The average Bonchev–Trinajstić information content (AvgIpc) is 2.80. The van der Waals surface area contributed by atoms with Gasteiger partial charge in [-0.05, 0) is 18.6 Å². The molecule has 94 valence electrons. The molecule has 0 bridgehead atoms. The van der Waals surface area contributed by atoms with Crippen molar-refractivity contribution in [2.45, 2.75) is 13.0 Å². The molecule has 6 heteroatoms. The number of halogens is 1. The molecular weight excluding hydrogens is 245 g/mol. The molecule has 2 N–H and O–H groups in total. The monoisotopic (exact) mass is 255 g/mol. The van der Waals surface area contributed by atoms with E-state index in [1.54, 1.807) is 25.1 Å². The van der Waals surface area contributed by atoms with Crippen LogP contribution in [0.25, 0.3) is 5.69 Å². The average molecular weight is 255 g/mol. The van der Waals surface area contributed by atoms with Crippen molar-refractivity contribution in [3.8, 4) is 17.8 Å². The number of nitrogens with zero attached hydrogens (tertiary/aromatic N) is 4. The van der Waals surface area contributed by atoms with E-state index in [2.05, 4.69) is 4.98 Å². The zero-order valence-corrected chi connectivity index (χ0v) is 10.1. The number of benzene rings is 1. The standard InChI is InChI=1S/C13H10FN5/c1-8(17)9-3-2-4-10(14)13(9)19-7-18-11(5-15)12(19)6-16/h2-4,7-8H,17H2,1H3. The second kappa shape index (κ2) is 4.89. The number of imidazole rings is 1. The first-order chi connectivity index (χ1) is 9.10. The van der Waals surface area contributed by atoms with Crippen molar-refractivity contribution in [3.05, 3.63) is 47.3 Å². The smallest absolute Gasteiger partial charge is 0.177 e. The fourth-order valence-corrected chi connectivity index (χ4v) is 1.86. The summed E-state index contributed by atoms with van der Waals surface area (Å²) in [6.45, 7) is 1.71. The van der Waals surface area contributed by atoms with Gasteiger partial charge in [-0.2, -0.15) is 10.5 Å². The summed E-state index contributed by atoms with van der Waals surface area (Å²) in [5.41, 5.74) is 6.45. The maximum Gasteiger partial charge on any atom is 0.177 e. The number of nitrogens with two attached hydrogens (primary N) is 1. The van der Waals surface area contributed by atoms with Crippen LogP contribution in [-0.4, -0.2) is 9.55 Å². The molecule has 0 amide bonds. The second-order valence-corrected chi connectivity index (χ2v) is 4.00. The molecule has 0 saturated heterocycles. The van der Waals surface area contributed by atoms with Gasteiger partial charge in [-0.3, -0.25) is 4.57 Å². The zero-order chi connectivity index (χ0) is 14.0. The van der Waals surface area contributed by atoms with Crippen LogP contribution in [0.4, 0.5) is 4.39 Å². The Morgan fingerprint density at radius 1 is 1.37 bits per heavy atom. The molecular formula is C13H10FN5. The Labute approximate surface area is 109 Å². The number of nitriles is 2. The maximum absolute atomic E-state index is 14.0. The summed E-state index contributed by atoms with van der Waals surface area (Å²) < 4.78 is 15.3. The molecule has 2 aromatic rings. The van der Waals surface area contributed by atoms with Crippen LogP contribution in [0.3, 0.4) is 0 Å². The molecule has 0 fully saturated rings. The third-order valence-electron chi connectivity index (χ3n) is 2.73. The molecule has 2 rings (SSSR count). The van der Waals surface area contributed by atoms with E-state index in [1.807, 2.05) is 6.07 Å². The van der Waals surface area contributed by atoms with Gasteiger partial charge in [0, 0.05) is 6.04 Å². The molecule has 1 aromatic carbocycles. The van der Waals surface area contributed by atoms with Crippen LogP contribution < -0.4 is 5.73 Å². The number of hydrogen-bond acceptors (Lipinski definition) is 4. The van der Waals surface area contributed by atoms with E-state index >= 15 is 0 Å². The third kappa shape index (κ3) is 2.05. The van der Waals surface area contributed by atoms with Crippen LogP contribution in [0, 0.1) is 28.5 Å². The van der Waals surface area contributed by atoms with Gasteiger partial charge in [0.2, 0.25) is 0 Å². The quantitative estimate of drug-likeness (QED) is 0.885. The van der Waals surface area contributed by atoms with Crippen molar-refractivity contribution < 1.29 is 4.39 Å². The molecule has 0 aliphatic heterocycles. The molecule has 1 unspecified atom stereocenters. The number of rotatable bonds is 2. The molecule has 1 aromatic heterocycles. The van der Waals surface area contributed by atoms with Gasteiger partial charge in [-0.1, -0.05) is 12.1 Å². The highest BCUT2D eigenvalue weighted by atomic mass is 19.1. The van der Waals surface area contributed by atoms with Crippen molar-refractivity contribution in [3.63, 3.8) is 0 Å². The molecule has 0 spiro atoms. The van der Waals surface area contributed by atoms with Gasteiger partial charge in [-0.15, -0.1) is 0 Å². The van der Waals surface area contributed by atoms with Crippen LogP contribution in [0.1, 0.15) is 29.9 Å². The highest BCUT2D eigenvalue weighted by Gasteiger charge is 2.18. The van der Waals surface area contributed by atoms with E-state index in [0.29, 0.717) is 5.56 Å². The Morgan fingerprint density at radius 3 is 2.68 bits per heavy atom. The van der Waals surface area contributed by atoms with Crippen molar-refractivity contribution >= 4 is 0 Å². The molecule has 0 radical (unpaired) electrons. The van der Waals surface area contributed by atoms with Crippen LogP contribution in [-0.2, 0) is 0 Å². The van der Waals surface area contributed by atoms with E-state index in [-0.39, 0.29) is 17.1 Å². The lowest BCUT2D eigenvalue weighted by atomic mass is 10.1. The topological polar surface area (TPSA) is 91.4 Å². The first kappa shape index (κ1) is 12.7. The summed E-state index contributed by atoms with van der Waals surface area (Å²) in [5.74, 6) is -0.520. The van der Waals surface area contributed by atoms with Gasteiger partial charge < -0.3 is 5.73 Å². The largest absolute Gasteiger partial charge is 0.324 e. The van der Waals surface area contributed by atoms with Crippen molar-refractivity contribution in [2.75, 3.05) is 0 Å². The van der Waals surface area contributed by atoms with Gasteiger partial charge >= 0.3 is 0 Å². The minimum Gasteiger partial charge on any atom is -0.324 e. The fraction of sp³-hybridized carbons (Fsp3) is 0.154. The van der Waals surface area contributed by atoms with Gasteiger partial charge in [-0.25, -0.2) is 9.37 Å². The molecule has 1 heterocycles. The van der Waals surface area contributed by atoms with Crippen molar-refractivity contribution in [2.24, 2.45) is 5.73 Å². The number of aromatic nitrogens is 2. The van der Waals surface area contributed by atoms with E-state index in [9.17, 15) is 4.39 Å². The van der Waals surface area contributed by atoms with Gasteiger partial charge in [0.25, 0.3) is 0 Å². The molecule has 0 saturated carbocycles. The summed E-state index contributed by atoms with van der Waals surface area (Å²) in [6.07, 6.45) is 1.25. The maximum atomic E-state index is 14.0. The van der Waals surface area contributed by atoms with Gasteiger partial charge in [0.1, 0.15) is 24.3 Å². The summed E-state index contributed by atoms with van der Waals surface area (Å²) in [4.78, 5) is 3.80. The van der Waals surface area contributed by atoms with E-state index < -0.39 is 11.9 Å². The molecule has 19 heavy (non-hydrogen) atoms. The normalized spacial score (nSPS) is 11.6. The minimum atomic E-state index is -0.520. The van der Waals surface area contributed by atoms with Crippen molar-refractivity contribution in [1.29, 1.82) is 10.5 Å². The predicted molar refractivity (Wildman–Crippen MR) is 65.6 cm³/mol. The summed E-state index contributed by atoms with van der Waals surface area (Å²) in [5, 5.41) is 17.9. The first-order valence-electron chi connectivity index (χ1n) is 5.52. The molecule has 5 nitrogen and oxygen atoms in total. The SMILES string of the molecule is CC(N)c1cccc(F)c1-n1cnc(C#N)c1C#N. The highest BCUT2D eigenvalue weighted by Crippen LogP contribution is 2.25. The van der Waals surface area contributed by atoms with Gasteiger partial charge in [0.15, 0.2) is 11.4 Å². The Kier molecular flexibility index (Phi) is 3.28. The minimum absolute atomic E-state index is 0.00509. The van der Waals surface area contributed by atoms with Crippen LogP contribution >= 0.6 is 0 Å². The molecule has 1 atom stereocenters. The highest BCUT2D eigenvalue weighted by molar-refractivity contribution is 5.50. The lowest BCUT2D eigenvalue weighted by Crippen LogP contribution is -2.12. The van der Waals surface area contributed by atoms with Crippen LogP contribution in [0.5, 0.6) is 0 Å². The fourth-order valence-electron chi connectivity index (χ4n) is 1.86. The lowest BCUT2D eigenvalue weighted by Gasteiger charge is -2.14. The van der Waals surface area contributed by atoms with E-state index in [1.165, 1.54) is 17.0 Å². The first-order valence-corrected chi connectivity index (χ1v) is 5.52. The van der Waals surface area contributed by atoms with Crippen molar-refractivity contribution in [1.82, 2.24) is 9.55 Å². The third-order valence-corrected chi connectivity index (χ3v) is 2.73. The van der Waals surface area contributed by atoms with Crippen LogP contribution in [0.15, 0.2) is 24.5 Å². The van der Waals surface area contributed by atoms with E-state index in [4.69, 9.17) is 16.3 Å². The number of para-hydroxylation sites is 1. The second-order valence-electron chi connectivity index (χ2n) is 4.00. The Hall–Kier alpha value is -2.70. The molecule has 0 aliphatic carbocycles. The number of hydrogen-bond donors (Lipinski definition) is 1. The van der Waals surface area contributed by atoms with E-state index in [0.717, 1.165) is 0 Å². The molecule has 0 aliphatic rings. The summed E-state index contributed by atoms with van der Waals surface area (Å²) in [7, 11) is 0. The summed E-state index contributed by atoms with van der Waals surface area (Å²) in [6, 6.07) is 7.74.